The second kappa shape index (κ2) is 10.8. The molecule has 0 amide bonds. The molecule has 0 atom stereocenters. The Morgan fingerprint density at radius 2 is 2.04 bits per heavy atom. The van der Waals surface area contributed by atoms with E-state index in [4.69, 9.17) is 9.73 Å². The van der Waals surface area contributed by atoms with Crippen LogP contribution in [0.5, 0.6) is 5.75 Å². The van der Waals surface area contributed by atoms with Gasteiger partial charge in [0.1, 0.15) is 5.75 Å². The first-order valence-electron chi connectivity index (χ1n) is 9.35. The molecule has 0 radical (unpaired) electrons. The van der Waals surface area contributed by atoms with Gasteiger partial charge in [-0.3, -0.25) is 0 Å². The zero-order valence-corrected chi connectivity index (χ0v) is 19.4. The number of para-hydroxylation sites is 1. The Bertz CT molecular complexity index is 758. The standard InChI is InChI=1S/C20H28N4OS.HI/c1-4-21-20(23-13-19-14(2)24-15(3)26-19)22-12-16-8-5-6-11-18(16)25-17-9-7-10-17;/h5-6,8,11,17H,4,7,9-10,12-13H2,1-3H3,(H2,21,22,23);1H. The van der Waals surface area contributed by atoms with Gasteiger partial charge in [-0.05, 0) is 46.1 Å². The zero-order valence-electron chi connectivity index (χ0n) is 16.2. The van der Waals surface area contributed by atoms with Crippen LogP contribution in [0, 0.1) is 13.8 Å². The van der Waals surface area contributed by atoms with Crippen LogP contribution in [0.2, 0.25) is 0 Å². The molecule has 1 aliphatic rings. The first-order valence-corrected chi connectivity index (χ1v) is 10.2. The number of aromatic nitrogens is 1. The maximum absolute atomic E-state index is 6.10. The van der Waals surface area contributed by atoms with Crippen LogP contribution in [0.1, 0.15) is 47.3 Å². The number of rotatable bonds is 7. The minimum atomic E-state index is 0. The molecule has 7 heteroatoms. The summed E-state index contributed by atoms with van der Waals surface area (Å²) in [6.07, 6.45) is 3.98. The molecule has 2 aromatic rings. The SMILES string of the molecule is CCNC(=NCc1ccccc1OC1CCC1)NCc1sc(C)nc1C.I. The fourth-order valence-electron chi connectivity index (χ4n) is 2.83. The van der Waals surface area contributed by atoms with E-state index in [-0.39, 0.29) is 24.0 Å². The molecule has 0 spiro atoms. The van der Waals surface area contributed by atoms with Gasteiger partial charge in [-0.2, -0.15) is 0 Å². The summed E-state index contributed by atoms with van der Waals surface area (Å²) in [5, 5.41) is 7.83. The Balaban J connectivity index is 0.00000261. The minimum Gasteiger partial charge on any atom is -0.490 e. The van der Waals surface area contributed by atoms with Crippen molar-refractivity contribution in [3.63, 3.8) is 0 Å². The summed E-state index contributed by atoms with van der Waals surface area (Å²) in [7, 11) is 0. The average molecular weight is 500 g/mol. The summed E-state index contributed by atoms with van der Waals surface area (Å²) in [6, 6.07) is 8.21. The van der Waals surface area contributed by atoms with Crippen molar-refractivity contribution >= 4 is 41.3 Å². The van der Waals surface area contributed by atoms with Crippen LogP contribution in [0.3, 0.4) is 0 Å². The number of hydrogen-bond acceptors (Lipinski definition) is 4. The van der Waals surface area contributed by atoms with E-state index in [0.717, 1.165) is 53.9 Å². The van der Waals surface area contributed by atoms with E-state index < -0.39 is 0 Å². The summed E-state index contributed by atoms with van der Waals surface area (Å²) in [4.78, 5) is 10.5. The van der Waals surface area contributed by atoms with Gasteiger partial charge in [-0.15, -0.1) is 35.3 Å². The van der Waals surface area contributed by atoms with Crippen LogP contribution < -0.4 is 15.4 Å². The molecular weight excluding hydrogens is 471 g/mol. The van der Waals surface area contributed by atoms with Crippen LogP contribution in [-0.4, -0.2) is 23.6 Å². The number of nitrogens with one attached hydrogen (secondary N) is 2. The molecule has 3 rings (SSSR count). The predicted molar refractivity (Wildman–Crippen MR) is 123 cm³/mol. The van der Waals surface area contributed by atoms with Crippen molar-refractivity contribution in [2.75, 3.05) is 6.54 Å². The smallest absolute Gasteiger partial charge is 0.191 e. The van der Waals surface area contributed by atoms with Gasteiger partial charge in [0.2, 0.25) is 0 Å². The van der Waals surface area contributed by atoms with Crippen molar-refractivity contribution in [3.05, 3.63) is 45.4 Å². The lowest BCUT2D eigenvalue weighted by Crippen LogP contribution is -2.36. The highest BCUT2D eigenvalue weighted by atomic mass is 127. The number of guanidine groups is 1. The number of thiazole rings is 1. The van der Waals surface area contributed by atoms with E-state index in [2.05, 4.69) is 35.5 Å². The Hall–Kier alpha value is -1.35. The zero-order chi connectivity index (χ0) is 18.4. The highest BCUT2D eigenvalue weighted by molar-refractivity contribution is 14.0. The molecule has 1 aromatic heterocycles. The molecule has 2 N–H and O–H groups in total. The first-order chi connectivity index (χ1) is 12.7. The number of benzene rings is 1. The van der Waals surface area contributed by atoms with Gasteiger partial charge >= 0.3 is 0 Å². The molecule has 148 valence electrons. The summed E-state index contributed by atoms with van der Waals surface area (Å²) < 4.78 is 6.10. The molecule has 0 unspecified atom stereocenters. The third-order valence-corrected chi connectivity index (χ3v) is 5.56. The van der Waals surface area contributed by atoms with Crippen LogP contribution in [0.15, 0.2) is 29.3 Å². The Labute approximate surface area is 183 Å². The van der Waals surface area contributed by atoms with Gasteiger partial charge in [0.25, 0.3) is 0 Å². The van der Waals surface area contributed by atoms with Gasteiger partial charge in [0, 0.05) is 17.0 Å². The predicted octanol–water partition coefficient (Wildman–Crippen LogP) is 4.56. The van der Waals surface area contributed by atoms with E-state index in [0.29, 0.717) is 12.6 Å². The van der Waals surface area contributed by atoms with Gasteiger partial charge in [0.05, 0.1) is 29.9 Å². The number of hydrogen-bond donors (Lipinski definition) is 2. The van der Waals surface area contributed by atoms with E-state index in [1.54, 1.807) is 11.3 Å². The minimum absolute atomic E-state index is 0. The Morgan fingerprint density at radius 1 is 1.26 bits per heavy atom. The van der Waals surface area contributed by atoms with Crippen molar-refractivity contribution in [1.29, 1.82) is 0 Å². The Morgan fingerprint density at radius 3 is 2.67 bits per heavy atom. The number of aryl methyl sites for hydroxylation is 2. The summed E-state index contributed by atoms with van der Waals surface area (Å²) in [5.41, 5.74) is 2.22. The molecule has 1 aromatic carbocycles. The lowest BCUT2D eigenvalue weighted by atomic mass is 9.96. The second-order valence-corrected chi connectivity index (χ2v) is 7.86. The van der Waals surface area contributed by atoms with Gasteiger partial charge in [-0.1, -0.05) is 18.2 Å². The van der Waals surface area contributed by atoms with Crippen LogP contribution in [0.25, 0.3) is 0 Å². The molecule has 0 saturated heterocycles. The maximum Gasteiger partial charge on any atom is 0.191 e. The van der Waals surface area contributed by atoms with Gasteiger partial charge in [0.15, 0.2) is 5.96 Å². The third kappa shape index (κ3) is 6.34. The first kappa shape index (κ1) is 21.9. The highest BCUT2D eigenvalue weighted by Gasteiger charge is 2.20. The summed E-state index contributed by atoms with van der Waals surface area (Å²) in [5.74, 6) is 1.78. The fraction of sp³-hybridized carbons (Fsp3) is 0.500. The molecular formula is C20H29IN4OS. The molecule has 0 bridgehead atoms. The summed E-state index contributed by atoms with van der Waals surface area (Å²) >= 11 is 1.73. The lowest BCUT2D eigenvalue weighted by molar-refractivity contribution is 0.119. The summed E-state index contributed by atoms with van der Waals surface area (Å²) in [6.45, 7) is 8.33. The number of halogens is 1. The Kier molecular flexibility index (Phi) is 8.82. The quantitative estimate of drug-likeness (QED) is 0.333. The van der Waals surface area contributed by atoms with Crippen molar-refractivity contribution in [2.24, 2.45) is 4.99 Å². The van der Waals surface area contributed by atoms with Crippen LogP contribution >= 0.6 is 35.3 Å². The van der Waals surface area contributed by atoms with Crippen LogP contribution in [0.4, 0.5) is 0 Å². The number of nitrogens with zero attached hydrogens (tertiary/aromatic N) is 2. The second-order valence-electron chi connectivity index (χ2n) is 6.57. The molecule has 1 fully saturated rings. The van der Waals surface area contributed by atoms with E-state index in [1.165, 1.54) is 11.3 Å². The molecule has 27 heavy (non-hydrogen) atoms. The fourth-order valence-corrected chi connectivity index (χ4v) is 3.70. The van der Waals surface area contributed by atoms with Crippen LogP contribution in [-0.2, 0) is 13.1 Å². The van der Waals surface area contributed by atoms with E-state index >= 15 is 0 Å². The van der Waals surface area contributed by atoms with Crippen molar-refractivity contribution in [3.8, 4) is 5.75 Å². The van der Waals surface area contributed by atoms with E-state index in [1.807, 2.05) is 25.1 Å². The lowest BCUT2D eigenvalue weighted by Gasteiger charge is -2.27. The monoisotopic (exact) mass is 500 g/mol. The molecule has 1 aliphatic carbocycles. The van der Waals surface area contributed by atoms with Gasteiger partial charge in [-0.25, -0.2) is 9.98 Å². The third-order valence-electron chi connectivity index (χ3n) is 4.49. The molecule has 0 aliphatic heterocycles. The highest BCUT2D eigenvalue weighted by Crippen LogP contribution is 2.27. The maximum atomic E-state index is 6.10. The molecule has 5 nitrogen and oxygen atoms in total. The number of ether oxygens (including phenoxy) is 1. The van der Waals surface area contributed by atoms with Crippen molar-refractivity contribution < 1.29 is 4.74 Å². The topological polar surface area (TPSA) is 58.5 Å². The van der Waals surface area contributed by atoms with Crippen molar-refractivity contribution in [2.45, 2.75) is 59.2 Å². The van der Waals surface area contributed by atoms with Crippen molar-refractivity contribution in [1.82, 2.24) is 15.6 Å². The molecule has 1 saturated carbocycles. The largest absolute Gasteiger partial charge is 0.490 e. The number of aliphatic imine (C=N–C) groups is 1. The molecule has 1 heterocycles. The average Bonchev–Trinajstić information content (AvgIpc) is 2.92. The van der Waals surface area contributed by atoms with Gasteiger partial charge < -0.3 is 15.4 Å². The van der Waals surface area contributed by atoms with E-state index in [9.17, 15) is 0 Å². The normalized spacial score (nSPS) is 14.3.